The Bertz CT molecular complexity index is 811. The van der Waals surface area contributed by atoms with Gasteiger partial charge in [0.15, 0.2) is 0 Å². The highest BCUT2D eigenvalue weighted by Crippen LogP contribution is 2.20. The summed E-state index contributed by atoms with van der Waals surface area (Å²) in [6.07, 6.45) is 8.35. The van der Waals surface area contributed by atoms with Crippen molar-refractivity contribution in [2.45, 2.75) is 31.7 Å². The van der Waals surface area contributed by atoms with Crippen LogP contribution in [-0.4, -0.2) is 33.2 Å². The van der Waals surface area contributed by atoms with Crippen LogP contribution in [0.1, 0.15) is 41.7 Å². The zero-order valence-electron chi connectivity index (χ0n) is 14.5. The minimum Gasteiger partial charge on any atom is -0.331 e. The van der Waals surface area contributed by atoms with Crippen LogP contribution in [0.3, 0.4) is 0 Å². The molecule has 0 N–H and O–H groups in total. The van der Waals surface area contributed by atoms with Crippen LogP contribution in [0, 0.1) is 0 Å². The maximum Gasteiger partial charge on any atom is 0.274 e. The van der Waals surface area contributed by atoms with Gasteiger partial charge in [-0.3, -0.25) is 9.59 Å². The van der Waals surface area contributed by atoms with Crippen molar-refractivity contribution in [2.24, 2.45) is 7.05 Å². The second-order valence-electron chi connectivity index (χ2n) is 6.37. The maximum absolute atomic E-state index is 13.0. The Hall–Kier alpha value is -2.69. The number of aromatic nitrogens is 2. The molecule has 0 radical (unpaired) electrons. The quantitative estimate of drug-likeness (QED) is 0.865. The molecule has 1 amide bonds. The Kier molecular flexibility index (Phi) is 5.43. The highest BCUT2D eigenvalue weighted by atomic mass is 16.2. The fourth-order valence-electron chi connectivity index (χ4n) is 3.14. The van der Waals surface area contributed by atoms with Crippen molar-refractivity contribution in [3.63, 3.8) is 0 Å². The van der Waals surface area contributed by atoms with Gasteiger partial charge in [0.1, 0.15) is 5.69 Å². The lowest BCUT2D eigenvalue weighted by Gasteiger charge is -2.27. The summed E-state index contributed by atoms with van der Waals surface area (Å²) in [5.41, 5.74) is 1.23. The lowest BCUT2D eigenvalue weighted by atomic mass is 10.1. The van der Waals surface area contributed by atoms with Gasteiger partial charge in [0.05, 0.1) is 6.04 Å². The number of likely N-dealkylation sites (tertiary alicyclic amines) is 1. The Morgan fingerprint density at radius 1 is 1.12 bits per heavy atom. The van der Waals surface area contributed by atoms with E-state index in [-0.39, 0.29) is 17.5 Å². The number of hydrogen-bond donors (Lipinski definition) is 0. The molecule has 1 fully saturated rings. The van der Waals surface area contributed by atoms with E-state index in [2.05, 4.69) is 17.3 Å². The molecule has 1 atom stereocenters. The van der Waals surface area contributed by atoms with Gasteiger partial charge in [-0.2, -0.15) is 5.10 Å². The molecular weight excluding hydrogens is 314 g/mol. The molecular formula is C20H23N3O2. The largest absolute Gasteiger partial charge is 0.331 e. The maximum atomic E-state index is 13.0. The van der Waals surface area contributed by atoms with Crippen LogP contribution in [0.25, 0.3) is 6.08 Å². The van der Waals surface area contributed by atoms with Crippen LogP contribution in [-0.2, 0) is 7.05 Å². The second-order valence-corrected chi connectivity index (χ2v) is 6.37. The third kappa shape index (κ3) is 4.24. The van der Waals surface area contributed by atoms with Crippen LogP contribution in [0.2, 0.25) is 0 Å². The van der Waals surface area contributed by atoms with Crippen LogP contribution in [0.15, 0.2) is 53.3 Å². The average molecular weight is 337 g/mol. The van der Waals surface area contributed by atoms with Gasteiger partial charge in [-0.05, 0) is 24.5 Å². The van der Waals surface area contributed by atoms with E-state index in [1.165, 1.54) is 16.8 Å². The molecule has 1 aromatic heterocycles. The topological polar surface area (TPSA) is 55.2 Å². The van der Waals surface area contributed by atoms with E-state index in [1.54, 1.807) is 7.05 Å². The van der Waals surface area contributed by atoms with E-state index in [0.717, 1.165) is 31.2 Å². The number of carbonyl (C=O) groups excluding carboxylic acids is 1. The van der Waals surface area contributed by atoms with Gasteiger partial charge < -0.3 is 4.90 Å². The Morgan fingerprint density at radius 2 is 1.92 bits per heavy atom. The van der Waals surface area contributed by atoms with Crippen molar-refractivity contribution in [1.82, 2.24) is 14.7 Å². The third-order valence-electron chi connectivity index (χ3n) is 4.55. The molecule has 1 aliphatic heterocycles. The van der Waals surface area contributed by atoms with Crippen molar-refractivity contribution < 1.29 is 4.79 Å². The average Bonchev–Trinajstić information content (AvgIpc) is 2.88. The molecule has 1 aliphatic rings. The van der Waals surface area contributed by atoms with E-state index in [9.17, 15) is 9.59 Å². The molecule has 2 aromatic rings. The standard InChI is InChI=1S/C20H23N3O2/c1-22-19(24)14-13-18(21-22)20(25)23-15-7-3-6-10-17(23)12-11-16-8-4-2-5-9-16/h2,4-5,8-9,11-14,17H,3,6-7,10,15H2,1H3/b12-11+. The van der Waals surface area contributed by atoms with Crippen molar-refractivity contribution >= 4 is 12.0 Å². The molecule has 0 aliphatic carbocycles. The second kappa shape index (κ2) is 7.92. The summed E-state index contributed by atoms with van der Waals surface area (Å²) in [6.45, 7) is 0.715. The molecule has 0 saturated carbocycles. The minimum atomic E-state index is -0.215. The predicted octanol–water partition coefficient (Wildman–Crippen LogP) is 2.88. The normalized spacial score (nSPS) is 18.3. The van der Waals surface area contributed by atoms with Gasteiger partial charge >= 0.3 is 0 Å². The van der Waals surface area contributed by atoms with E-state index in [0.29, 0.717) is 12.2 Å². The molecule has 1 aromatic carbocycles. The third-order valence-corrected chi connectivity index (χ3v) is 4.55. The smallest absolute Gasteiger partial charge is 0.274 e. The van der Waals surface area contributed by atoms with Crippen LogP contribution in [0.5, 0.6) is 0 Å². The lowest BCUT2D eigenvalue weighted by Crippen LogP contribution is -2.40. The van der Waals surface area contributed by atoms with Crippen molar-refractivity contribution in [3.8, 4) is 0 Å². The molecule has 1 unspecified atom stereocenters. The molecule has 130 valence electrons. The molecule has 0 spiro atoms. The monoisotopic (exact) mass is 337 g/mol. The number of rotatable bonds is 3. The summed E-state index contributed by atoms with van der Waals surface area (Å²) in [4.78, 5) is 26.4. The van der Waals surface area contributed by atoms with Gasteiger partial charge in [0.25, 0.3) is 11.5 Å². The highest BCUT2D eigenvalue weighted by molar-refractivity contribution is 5.92. The van der Waals surface area contributed by atoms with Crippen LogP contribution >= 0.6 is 0 Å². The first-order valence-corrected chi connectivity index (χ1v) is 8.74. The fourth-order valence-corrected chi connectivity index (χ4v) is 3.14. The summed E-state index contributed by atoms with van der Waals surface area (Å²) >= 11 is 0. The van der Waals surface area contributed by atoms with Gasteiger partial charge in [-0.15, -0.1) is 0 Å². The van der Waals surface area contributed by atoms with Crippen molar-refractivity contribution in [3.05, 3.63) is 70.2 Å². The molecule has 0 bridgehead atoms. The Morgan fingerprint density at radius 3 is 2.68 bits per heavy atom. The minimum absolute atomic E-state index is 0.0502. The molecule has 1 saturated heterocycles. The number of carbonyl (C=O) groups is 1. The van der Waals surface area contributed by atoms with Crippen LogP contribution in [0.4, 0.5) is 0 Å². The van der Waals surface area contributed by atoms with Crippen LogP contribution < -0.4 is 5.56 Å². The molecule has 5 heteroatoms. The summed E-state index contributed by atoms with van der Waals surface area (Å²) in [6, 6.07) is 13.1. The SMILES string of the molecule is Cn1nc(C(=O)N2CCCCCC2/C=C/c2ccccc2)ccc1=O. The number of hydrogen-bond acceptors (Lipinski definition) is 3. The van der Waals surface area contributed by atoms with Gasteiger partial charge in [0.2, 0.25) is 0 Å². The Balaban J connectivity index is 1.84. The van der Waals surface area contributed by atoms with E-state index in [1.807, 2.05) is 35.2 Å². The van der Waals surface area contributed by atoms with Gasteiger partial charge in [-0.25, -0.2) is 4.68 Å². The summed E-state index contributed by atoms with van der Waals surface area (Å²) < 4.78 is 1.21. The van der Waals surface area contributed by atoms with Crippen molar-refractivity contribution in [1.29, 1.82) is 0 Å². The number of nitrogens with zero attached hydrogens (tertiary/aromatic N) is 3. The molecule has 3 rings (SSSR count). The first kappa shape index (κ1) is 17.1. The molecule has 25 heavy (non-hydrogen) atoms. The zero-order valence-corrected chi connectivity index (χ0v) is 14.5. The highest BCUT2D eigenvalue weighted by Gasteiger charge is 2.25. The fraction of sp³-hybridized carbons (Fsp3) is 0.350. The van der Waals surface area contributed by atoms with Gasteiger partial charge in [-0.1, -0.05) is 55.3 Å². The molecule has 2 heterocycles. The van der Waals surface area contributed by atoms with E-state index in [4.69, 9.17) is 0 Å². The first-order valence-electron chi connectivity index (χ1n) is 8.74. The Labute approximate surface area is 147 Å². The summed E-state index contributed by atoms with van der Waals surface area (Å²) in [7, 11) is 1.56. The number of amides is 1. The van der Waals surface area contributed by atoms with E-state index >= 15 is 0 Å². The first-order chi connectivity index (χ1) is 12.1. The summed E-state index contributed by atoms with van der Waals surface area (Å²) in [5, 5.41) is 4.12. The van der Waals surface area contributed by atoms with E-state index < -0.39 is 0 Å². The molecule has 5 nitrogen and oxygen atoms in total. The predicted molar refractivity (Wildman–Crippen MR) is 98.2 cm³/mol. The number of aryl methyl sites for hydroxylation is 1. The van der Waals surface area contributed by atoms with Gasteiger partial charge in [0, 0.05) is 19.7 Å². The summed E-state index contributed by atoms with van der Waals surface area (Å²) in [5.74, 6) is -0.111. The lowest BCUT2D eigenvalue weighted by molar-refractivity contribution is 0.0710. The van der Waals surface area contributed by atoms with Crippen molar-refractivity contribution in [2.75, 3.05) is 6.54 Å². The number of benzene rings is 1. The zero-order chi connectivity index (χ0) is 17.6.